The summed E-state index contributed by atoms with van der Waals surface area (Å²) < 4.78 is 50.4. The fourth-order valence-corrected chi connectivity index (χ4v) is 5.21. The standard InChI is InChI=1S/C24H34F3N3O3/c1-3-28(4-2)22-21(33-22)14-17-13-19(18-5-7-20(8-6-18)24(25,26)27)16-30(15-17)23(31)29-9-11-32-12-10-29/h5-8,17,19,21-22H,3-4,9-16H2,1-2H3. The number of benzene rings is 1. The average molecular weight is 470 g/mol. The van der Waals surface area contributed by atoms with Crippen LogP contribution in [0, 0.1) is 5.92 Å². The Morgan fingerprint density at radius 1 is 1.06 bits per heavy atom. The molecule has 1 aromatic rings. The van der Waals surface area contributed by atoms with Crippen LogP contribution in [0.1, 0.15) is 43.7 Å². The Labute approximate surface area is 193 Å². The van der Waals surface area contributed by atoms with E-state index in [2.05, 4.69) is 18.7 Å². The fourth-order valence-electron chi connectivity index (χ4n) is 5.21. The molecule has 0 N–H and O–H groups in total. The molecule has 4 unspecified atom stereocenters. The Morgan fingerprint density at radius 2 is 1.73 bits per heavy atom. The number of piperidine rings is 1. The van der Waals surface area contributed by atoms with Gasteiger partial charge in [-0.2, -0.15) is 13.2 Å². The van der Waals surface area contributed by atoms with Gasteiger partial charge >= 0.3 is 12.2 Å². The van der Waals surface area contributed by atoms with Gasteiger partial charge in [0.15, 0.2) is 0 Å². The molecular weight excluding hydrogens is 435 g/mol. The molecule has 4 rings (SSSR count). The van der Waals surface area contributed by atoms with Crippen LogP contribution in [0.3, 0.4) is 0 Å². The van der Waals surface area contributed by atoms with E-state index in [-0.39, 0.29) is 30.2 Å². The number of nitrogens with zero attached hydrogens (tertiary/aromatic N) is 3. The van der Waals surface area contributed by atoms with E-state index in [9.17, 15) is 18.0 Å². The number of hydrogen-bond acceptors (Lipinski definition) is 4. The number of amides is 2. The third-order valence-electron chi connectivity index (χ3n) is 7.09. The summed E-state index contributed by atoms with van der Waals surface area (Å²) >= 11 is 0. The first kappa shape index (κ1) is 24.3. The molecule has 6 nitrogen and oxygen atoms in total. The highest BCUT2D eigenvalue weighted by Gasteiger charge is 2.45. The molecule has 9 heteroatoms. The van der Waals surface area contributed by atoms with Gasteiger partial charge in [0, 0.05) is 32.1 Å². The van der Waals surface area contributed by atoms with Gasteiger partial charge in [0.25, 0.3) is 0 Å². The van der Waals surface area contributed by atoms with Crippen LogP contribution in [-0.4, -0.2) is 85.5 Å². The molecule has 2 amide bonds. The second kappa shape index (κ2) is 10.2. The van der Waals surface area contributed by atoms with Crippen molar-refractivity contribution in [2.75, 3.05) is 52.5 Å². The molecule has 0 aromatic heterocycles. The van der Waals surface area contributed by atoms with Crippen molar-refractivity contribution in [2.45, 2.75) is 51.1 Å². The van der Waals surface area contributed by atoms with Crippen molar-refractivity contribution in [3.8, 4) is 0 Å². The lowest BCUT2D eigenvalue weighted by Gasteiger charge is -2.41. The van der Waals surface area contributed by atoms with Crippen LogP contribution in [0.5, 0.6) is 0 Å². The summed E-state index contributed by atoms with van der Waals surface area (Å²) in [4.78, 5) is 19.2. The third-order valence-corrected chi connectivity index (χ3v) is 7.09. The first-order valence-electron chi connectivity index (χ1n) is 12.0. The molecular formula is C24H34F3N3O3. The summed E-state index contributed by atoms with van der Waals surface area (Å²) in [6, 6.07) is 5.43. The zero-order valence-corrected chi connectivity index (χ0v) is 19.4. The highest BCUT2D eigenvalue weighted by atomic mass is 19.4. The maximum atomic E-state index is 13.2. The van der Waals surface area contributed by atoms with Crippen molar-refractivity contribution in [1.82, 2.24) is 14.7 Å². The normalized spacial score (nSPS) is 28.3. The van der Waals surface area contributed by atoms with E-state index in [0.29, 0.717) is 39.4 Å². The second-order valence-electron chi connectivity index (χ2n) is 9.23. The molecule has 0 aliphatic carbocycles. The molecule has 3 aliphatic heterocycles. The number of carbonyl (C=O) groups is 1. The minimum Gasteiger partial charge on any atom is -0.378 e. The maximum absolute atomic E-state index is 13.2. The predicted molar refractivity (Wildman–Crippen MR) is 118 cm³/mol. The Hall–Kier alpha value is -1.84. The van der Waals surface area contributed by atoms with Crippen LogP contribution in [0.15, 0.2) is 24.3 Å². The van der Waals surface area contributed by atoms with Crippen LogP contribution in [0.2, 0.25) is 0 Å². The Morgan fingerprint density at radius 3 is 2.33 bits per heavy atom. The Bertz CT molecular complexity index is 794. The number of likely N-dealkylation sites (tertiary alicyclic amines) is 1. The molecule has 184 valence electrons. The van der Waals surface area contributed by atoms with Crippen LogP contribution in [0.25, 0.3) is 0 Å². The van der Waals surface area contributed by atoms with Crippen LogP contribution >= 0.6 is 0 Å². The zero-order chi connectivity index (χ0) is 23.6. The number of halogens is 3. The number of carbonyl (C=O) groups excluding carboxylic acids is 1. The first-order valence-corrected chi connectivity index (χ1v) is 12.0. The second-order valence-corrected chi connectivity index (χ2v) is 9.23. The van der Waals surface area contributed by atoms with Gasteiger partial charge in [-0.1, -0.05) is 26.0 Å². The van der Waals surface area contributed by atoms with Crippen molar-refractivity contribution < 1.29 is 27.4 Å². The summed E-state index contributed by atoms with van der Waals surface area (Å²) in [5.41, 5.74) is 0.206. The Balaban J connectivity index is 1.48. The summed E-state index contributed by atoms with van der Waals surface area (Å²) in [6.45, 7) is 9.47. The van der Waals surface area contributed by atoms with Crippen molar-refractivity contribution in [3.63, 3.8) is 0 Å². The van der Waals surface area contributed by atoms with E-state index in [4.69, 9.17) is 9.47 Å². The fraction of sp³-hybridized carbons (Fsp3) is 0.708. The SMILES string of the molecule is CCN(CC)C1OC1CC1CC(c2ccc(C(F)(F)F)cc2)CN(C(=O)N2CCOCC2)C1. The number of ether oxygens (including phenoxy) is 2. The lowest BCUT2D eigenvalue weighted by Crippen LogP contribution is -2.52. The molecule has 3 heterocycles. The minimum absolute atomic E-state index is 0.00155. The van der Waals surface area contributed by atoms with Crippen LogP contribution < -0.4 is 0 Å². The first-order chi connectivity index (χ1) is 15.8. The molecule has 3 saturated heterocycles. The molecule has 0 radical (unpaired) electrons. The quantitative estimate of drug-likeness (QED) is 0.591. The molecule has 0 bridgehead atoms. The van der Waals surface area contributed by atoms with Crippen LogP contribution in [-0.2, 0) is 15.7 Å². The van der Waals surface area contributed by atoms with Crippen molar-refractivity contribution in [2.24, 2.45) is 5.92 Å². The number of urea groups is 1. The summed E-state index contributed by atoms with van der Waals surface area (Å²) in [5, 5.41) is 0. The van der Waals surface area contributed by atoms with E-state index >= 15 is 0 Å². The van der Waals surface area contributed by atoms with Gasteiger partial charge in [0.2, 0.25) is 0 Å². The number of likely N-dealkylation sites (N-methyl/N-ethyl adjacent to an activating group) is 1. The smallest absolute Gasteiger partial charge is 0.378 e. The van der Waals surface area contributed by atoms with E-state index in [1.165, 1.54) is 0 Å². The topological polar surface area (TPSA) is 48.5 Å². The predicted octanol–water partition coefficient (Wildman–Crippen LogP) is 4.02. The lowest BCUT2D eigenvalue weighted by atomic mass is 9.82. The molecule has 3 fully saturated rings. The number of morpholine rings is 1. The van der Waals surface area contributed by atoms with Crippen molar-refractivity contribution >= 4 is 6.03 Å². The van der Waals surface area contributed by atoms with E-state index in [1.54, 1.807) is 12.1 Å². The summed E-state index contributed by atoms with van der Waals surface area (Å²) in [5.74, 6) is 0.239. The minimum atomic E-state index is -4.35. The van der Waals surface area contributed by atoms with Gasteiger partial charge in [-0.25, -0.2) is 4.79 Å². The summed E-state index contributed by atoms with van der Waals surface area (Å²) in [6.07, 6.45) is -2.38. The van der Waals surface area contributed by atoms with Crippen LogP contribution in [0.4, 0.5) is 18.0 Å². The molecule has 0 spiro atoms. The van der Waals surface area contributed by atoms with Gasteiger partial charge in [0.05, 0.1) is 24.9 Å². The Kier molecular flexibility index (Phi) is 7.50. The van der Waals surface area contributed by atoms with Gasteiger partial charge in [-0.05, 0) is 49.5 Å². The lowest BCUT2D eigenvalue weighted by molar-refractivity contribution is -0.137. The highest BCUT2D eigenvalue weighted by Crippen LogP contribution is 2.39. The average Bonchev–Trinajstić information content (AvgIpc) is 3.57. The van der Waals surface area contributed by atoms with Gasteiger partial charge in [-0.15, -0.1) is 0 Å². The largest absolute Gasteiger partial charge is 0.416 e. The van der Waals surface area contributed by atoms with E-state index in [0.717, 1.165) is 43.6 Å². The molecule has 3 aliphatic rings. The zero-order valence-electron chi connectivity index (χ0n) is 19.4. The van der Waals surface area contributed by atoms with Gasteiger partial charge in [-0.3, -0.25) is 4.90 Å². The molecule has 1 aromatic carbocycles. The highest BCUT2D eigenvalue weighted by molar-refractivity contribution is 5.74. The van der Waals surface area contributed by atoms with Gasteiger partial charge < -0.3 is 19.3 Å². The third kappa shape index (κ3) is 5.81. The number of rotatable bonds is 6. The molecule has 0 saturated carbocycles. The molecule has 33 heavy (non-hydrogen) atoms. The monoisotopic (exact) mass is 469 g/mol. The number of hydrogen-bond donors (Lipinski definition) is 0. The maximum Gasteiger partial charge on any atom is 0.416 e. The van der Waals surface area contributed by atoms with Gasteiger partial charge in [0.1, 0.15) is 6.23 Å². The van der Waals surface area contributed by atoms with E-state index in [1.807, 2.05) is 9.80 Å². The van der Waals surface area contributed by atoms with Crippen molar-refractivity contribution in [1.29, 1.82) is 0 Å². The van der Waals surface area contributed by atoms with E-state index < -0.39 is 11.7 Å². The number of alkyl halides is 3. The van der Waals surface area contributed by atoms with Crippen molar-refractivity contribution in [3.05, 3.63) is 35.4 Å². The molecule has 4 atom stereocenters. The summed E-state index contributed by atoms with van der Waals surface area (Å²) in [7, 11) is 0. The number of epoxide rings is 1.